The van der Waals surface area contributed by atoms with E-state index in [2.05, 4.69) is 38.0 Å². The standard InChI is InChI=1S/C40H47F2N7O4/c1-24(2)53-34-20-36-45-33(23-49(36)22-30(34)39(51)46-35-8-4-7-31(44-35)38(41)42)27-11-9-25(10-12-27)21-48-17-15-26(16-18-48)28-5-3-6-29(19-28)43-32-13-14-37(50)47-40(32)52/h3-8,19-20,22-27,32,38,43H,9-18,21H2,1-2H3,(H,44,46,51)(H,47,50,52)/t25-,27-,32?. The van der Waals surface area contributed by atoms with E-state index in [1.165, 1.54) is 23.8 Å². The van der Waals surface area contributed by atoms with Crippen LogP contribution in [0.1, 0.15) is 111 Å². The summed E-state index contributed by atoms with van der Waals surface area (Å²) in [5.74, 6) is 0.889. The largest absolute Gasteiger partial charge is 0.490 e. The predicted molar refractivity (Wildman–Crippen MR) is 197 cm³/mol. The van der Waals surface area contributed by atoms with Gasteiger partial charge in [-0.3, -0.25) is 19.7 Å². The smallest absolute Gasteiger partial charge is 0.280 e. The third-order valence-corrected chi connectivity index (χ3v) is 10.7. The van der Waals surface area contributed by atoms with Gasteiger partial charge in [-0.2, -0.15) is 0 Å². The van der Waals surface area contributed by atoms with Crippen molar-refractivity contribution in [1.29, 1.82) is 0 Å². The summed E-state index contributed by atoms with van der Waals surface area (Å²) in [7, 11) is 0. The van der Waals surface area contributed by atoms with Gasteiger partial charge >= 0.3 is 0 Å². The molecule has 1 aliphatic carbocycles. The van der Waals surface area contributed by atoms with Crippen molar-refractivity contribution >= 4 is 34.9 Å². The highest BCUT2D eigenvalue weighted by atomic mass is 19.3. The molecule has 0 spiro atoms. The summed E-state index contributed by atoms with van der Waals surface area (Å²) in [6, 6.07) is 13.9. The van der Waals surface area contributed by atoms with Crippen LogP contribution in [0.4, 0.5) is 20.3 Å². The van der Waals surface area contributed by atoms with Crippen molar-refractivity contribution in [2.45, 2.75) is 95.6 Å². The van der Waals surface area contributed by atoms with E-state index in [1.54, 1.807) is 12.3 Å². The summed E-state index contributed by atoms with van der Waals surface area (Å²) < 4.78 is 34.2. The van der Waals surface area contributed by atoms with Crippen LogP contribution >= 0.6 is 0 Å². The van der Waals surface area contributed by atoms with Gasteiger partial charge < -0.3 is 24.7 Å². The molecule has 11 nitrogen and oxygen atoms in total. The molecular weight excluding hydrogens is 680 g/mol. The number of piperidine rings is 2. The molecule has 53 heavy (non-hydrogen) atoms. The number of carbonyl (C=O) groups is 3. The first-order chi connectivity index (χ1) is 25.6. The van der Waals surface area contributed by atoms with Gasteiger partial charge in [0.1, 0.15) is 29.0 Å². The van der Waals surface area contributed by atoms with Crippen LogP contribution in [0.2, 0.25) is 0 Å². The van der Waals surface area contributed by atoms with Crippen LogP contribution < -0.4 is 20.7 Å². The first-order valence-corrected chi connectivity index (χ1v) is 18.8. The van der Waals surface area contributed by atoms with Crippen molar-refractivity contribution in [3.8, 4) is 5.75 Å². The highest BCUT2D eigenvalue weighted by Crippen LogP contribution is 2.38. The van der Waals surface area contributed by atoms with Crippen molar-refractivity contribution in [3.05, 3.63) is 83.4 Å². The molecule has 3 aliphatic rings. The van der Waals surface area contributed by atoms with Crippen LogP contribution in [0.3, 0.4) is 0 Å². The minimum atomic E-state index is -2.74. The number of imide groups is 1. The van der Waals surface area contributed by atoms with E-state index in [1.807, 2.05) is 36.6 Å². The number of benzene rings is 1. The first-order valence-electron chi connectivity index (χ1n) is 18.8. The summed E-state index contributed by atoms with van der Waals surface area (Å²) in [5.41, 5.74) is 3.76. The molecule has 1 unspecified atom stereocenters. The number of aromatic nitrogens is 3. The average Bonchev–Trinajstić information content (AvgIpc) is 3.56. The van der Waals surface area contributed by atoms with Crippen molar-refractivity contribution in [2.24, 2.45) is 5.92 Å². The summed E-state index contributed by atoms with van der Waals surface area (Å²) in [4.78, 5) is 48.5. The number of hydrogen-bond donors (Lipinski definition) is 3. The van der Waals surface area contributed by atoms with Gasteiger partial charge in [0.15, 0.2) is 0 Å². The second-order valence-electron chi connectivity index (χ2n) is 14.9. The van der Waals surface area contributed by atoms with Crippen LogP contribution in [-0.4, -0.2) is 68.8 Å². The van der Waals surface area contributed by atoms with Crippen LogP contribution in [0.5, 0.6) is 5.75 Å². The maximum atomic E-state index is 13.4. The van der Waals surface area contributed by atoms with Crippen LogP contribution in [0.25, 0.3) is 5.65 Å². The van der Waals surface area contributed by atoms with E-state index >= 15 is 0 Å². The fraction of sp³-hybridized carbons (Fsp3) is 0.475. The molecule has 3 fully saturated rings. The van der Waals surface area contributed by atoms with Gasteiger partial charge in [0.25, 0.3) is 12.3 Å². The van der Waals surface area contributed by atoms with Crippen LogP contribution in [0, 0.1) is 5.92 Å². The molecule has 2 saturated heterocycles. The van der Waals surface area contributed by atoms with Crippen molar-refractivity contribution in [2.75, 3.05) is 30.3 Å². The highest BCUT2D eigenvalue weighted by Gasteiger charge is 2.30. The Morgan fingerprint density at radius 2 is 1.72 bits per heavy atom. The summed E-state index contributed by atoms with van der Waals surface area (Å²) in [6.07, 6.45) is 8.16. The number of anilines is 2. The molecule has 1 saturated carbocycles. The quantitative estimate of drug-likeness (QED) is 0.140. The predicted octanol–water partition coefficient (Wildman–Crippen LogP) is 7.08. The molecule has 3 N–H and O–H groups in total. The number of ether oxygens (including phenoxy) is 1. The average molecular weight is 728 g/mol. The number of rotatable bonds is 11. The Labute approximate surface area is 307 Å². The molecule has 0 radical (unpaired) electrons. The minimum absolute atomic E-state index is 0.0437. The molecule has 3 amide bonds. The Balaban J connectivity index is 0.925. The Bertz CT molecular complexity index is 1950. The zero-order chi connectivity index (χ0) is 37.1. The van der Waals surface area contributed by atoms with Crippen molar-refractivity contribution in [3.63, 3.8) is 0 Å². The topological polar surface area (TPSA) is 130 Å². The SMILES string of the molecule is CC(C)Oc1cc2nc([C@H]3CC[C@H](CN4CCC(c5cccc(NC6CCC(=O)NC6=O)c5)CC4)CC3)cn2cc1C(=O)Nc1cccc(C(F)F)n1. The molecule has 2 aliphatic heterocycles. The number of nitrogens with zero attached hydrogens (tertiary/aromatic N) is 4. The number of amides is 3. The van der Waals surface area contributed by atoms with Gasteiger partial charge in [0, 0.05) is 43.0 Å². The lowest BCUT2D eigenvalue weighted by molar-refractivity contribution is -0.133. The lowest BCUT2D eigenvalue weighted by Gasteiger charge is -2.36. The Morgan fingerprint density at radius 3 is 2.45 bits per heavy atom. The lowest BCUT2D eigenvalue weighted by atomic mass is 9.80. The van der Waals surface area contributed by atoms with E-state index in [9.17, 15) is 23.2 Å². The minimum Gasteiger partial charge on any atom is -0.490 e. The Hall–Kier alpha value is -4.91. The molecule has 3 aromatic heterocycles. The van der Waals surface area contributed by atoms with Crippen molar-refractivity contribution < 1.29 is 27.9 Å². The number of halogens is 2. The number of imidazole rings is 1. The van der Waals surface area contributed by atoms with Crippen molar-refractivity contribution in [1.82, 2.24) is 24.6 Å². The molecule has 1 aromatic carbocycles. The van der Waals surface area contributed by atoms with Crippen LogP contribution in [-0.2, 0) is 9.59 Å². The number of fused-ring (bicyclic) bond motifs is 1. The van der Waals surface area contributed by atoms with E-state index in [4.69, 9.17) is 9.72 Å². The number of alkyl halides is 2. The molecule has 280 valence electrons. The monoisotopic (exact) mass is 727 g/mol. The van der Waals surface area contributed by atoms with Gasteiger partial charge in [-0.1, -0.05) is 18.2 Å². The van der Waals surface area contributed by atoms with E-state index in [0.29, 0.717) is 42.0 Å². The summed E-state index contributed by atoms with van der Waals surface area (Å²) >= 11 is 0. The summed E-state index contributed by atoms with van der Waals surface area (Å²) in [5, 5.41) is 8.39. The normalized spacial score (nSPS) is 21.6. The second-order valence-corrected chi connectivity index (χ2v) is 14.9. The maximum absolute atomic E-state index is 13.4. The summed E-state index contributed by atoms with van der Waals surface area (Å²) in [6.45, 7) is 6.98. The van der Waals surface area contributed by atoms with Gasteiger partial charge in [0.05, 0.1) is 17.4 Å². The van der Waals surface area contributed by atoms with Gasteiger partial charge in [-0.05, 0) is 114 Å². The number of nitrogens with one attached hydrogen (secondary N) is 3. The van der Waals surface area contributed by atoms with E-state index < -0.39 is 18.0 Å². The first kappa shape index (κ1) is 36.4. The second kappa shape index (κ2) is 16.0. The number of carbonyl (C=O) groups excluding carboxylic acids is 3. The lowest BCUT2D eigenvalue weighted by Crippen LogP contribution is -2.47. The molecule has 4 aromatic rings. The van der Waals surface area contributed by atoms with E-state index in [-0.39, 0.29) is 35.3 Å². The zero-order valence-electron chi connectivity index (χ0n) is 30.2. The number of hydrogen-bond acceptors (Lipinski definition) is 8. The fourth-order valence-electron chi connectivity index (χ4n) is 7.95. The maximum Gasteiger partial charge on any atom is 0.280 e. The number of likely N-dealkylation sites (tertiary alicyclic amines) is 1. The molecule has 5 heterocycles. The Kier molecular flexibility index (Phi) is 11.0. The molecule has 1 atom stereocenters. The molecular formula is C40H47F2N7O4. The van der Waals surface area contributed by atoms with Crippen LogP contribution in [0.15, 0.2) is 60.9 Å². The molecule has 0 bridgehead atoms. The molecule has 13 heteroatoms. The fourth-order valence-corrected chi connectivity index (χ4v) is 7.95. The third kappa shape index (κ3) is 8.84. The number of pyridine rings is 2. The van der Waals surface area contributed by atoms with E-state index in [0.717, 1.165) is 69.5 Å². The van der Waals surface area contributed by atoms with Gasteiger partial charge in [0.2, 0.25) is 11.8 Å². The van der Waals surface area contributed by atoms with Gasteiger partial charge in [-0.15, -0.1) is 0 Å². The zero-order valence-corrected chi connectivity index (χ0v) is 30.2. The third-order valence-electron chi connectivity index (χ3n) is 10.7. The molecule has 7 rings (SSSR count). The van der Waals surface area contributed by atoms with Gasteiger partial charge in [-0.25, -0.2) is 18.7 Å². The highest BCUT2D eigenvalue weighted by molar-refractivity contribution is 6.06. The Morgan fingerprint density at radius 1 is 0.943 bits per heavy atom.